The van der Waals surface area contributed by atoms with E-state index in [-0.39, 0.29) is 45.6 Å². The first-order chi connectivity index (χ1) is 19.2. The Kier molecular flexibility index (Phi) is 15.0. The van der Waals surface area contributed by atoms with E-state index in [4.69, 9.17) is 23.7 Å². The van der Waals surface area contributed by atoms with E-state index in [0.717, 1.165) is 23.1 Å². The van der Waals surface area contributed by atoms with Crippen LogP contribution in [0.1, 0.15) is 90.8 Å². The number of aliphatic hydroxyl groups is 1. The summed E-state index contributed by atoms with van der Waals surface area (Å²) in [6.07, 6.45) is 2.05. The molecule has 4 atom stereocenters. The number of aliphatic hydroxyl groups excluding tert-OH is 1. The van der Waals surface area contributed by atoms with E-state index in [1.165, 1.54) is 0 Å². The van der Waals surface area contributed by atoms with Crippen LogP contribution in [-0.4, -0.2) is 73.4 Å². The fourth-order valence-electron chi connectivity index (χ4n) is 3.91. The fraction of sp³-hybridized carbons (Fsp3) is 0.719. The van der Waals surface area contributed by atoms with Gasteiger partial charge in [0.15, 0.2) is 5.60 Å². The fourth-order valence-corrected chi connectivity index (χ4v) is 3.91. The van der Waals surface area contributed by atoms with E-state index in [2.05, 4.69) is 0 Å². The Morgan fingerprint density at radius 1 is 0.878 bits per heavy atom. The number of hydrogen-bond donors (Lipinski definition) is 1. The standard InChI is InChI=1S/C32H52O9/c1-10-25(6)39-21-30(7,22-40-29(36)32(9,12-3)41-31(8,11-2)15-16-33)28(35)38-18-17-37-27(34)20-26-14-13-23(4)24(5)19-26/h13-14,19,25,33H,10-12,15-18,20-22H2,1-9H3. The molecule has 234 valence electrons. The van der Waals surface area contributed by atoms with Crippen LogP contribution in [0.5, 0.6) is 0 Å². The van der Waals surface area contributed by atoms with E-state index in [0.29, 0.717) is 19.3 Å². The van der Waals surface area contributed by atoms with Gasteiger partial charge in [0.25, 0.3) is 0 Å². The van der Waals surface area contributed by atoms with Crippen molar-refractivity contribution < 1.29 is 43.2 Å². The molecule has 0 radical (unpaired) electrons. The van der Waals surface area contributed by atoms with Gasteiger partial charge in [0.2, 0.25) is 0 Å². The maximum Gasteiger partial charge on any atom is 0.338 e. The molecule has 0 saturated heterocycles. The van der Waals surface area contributed by atoms with Gasteiger partial charge >= 0.3 is 17.9 Å². The van der Waals surface area contributed by atoms with E-state index in [9.17, 15) is 19.5 Å². The third kappa shape index (κ3) is 11.7. The summed E-state index contributed by atoms with van der Waals surface area (Å²) in [5.41, 5.74) is -0.184. The lowest BCUT2D eigenvalue weighted by Gasteiger charge is -2.38. The van der Waals surface area contributed by atoms with Gasteiger partial charge in [-0.3, -0.25) is 9.59 Å². The zero-order valence-electron chi connectivity index (χ0n) is 26.6. The molecule has 1 aromatic carbocycles. The van der Waals surface area contributed by atoms with Crippen LogP contribution in [0.4, 0.5) is 0 Å². The number of aryl methyl sites for hydroxylation is 2. The molecule has 0 amide bonds. The van der Waals surface area contributed by atoms with Crippen LogP contribution in [0.3, 0.4) is 0 Å². The minimum Gasteiger partial charge on any atom is -0.462 e. The molecular weight excluding hydrogens is 528 g/mol. The molecule has 0 fully saturated rings. The molecule has 0 spiro atoms. The second-order valence-corrected chi connectivity index (χ2v) is 11.6. The number of carbonyl (C=O) groups excluding carboxylic acids is 3. The minimum atomic E-state index is -1.30. The van der Waals surface area contributed by atoms with E-state index < -0.39 is 34.5 Å². The highest BCUT2D eigenvalue weighted by molar-refractivity contribution is 5.81. The quantitative estimate of drug-likeness (QED) is 0.136. The SMILES string of the molecule is CCC(C)OCC(C)(COC(=O)C(C)(CC)OC(C)(CC)CCO)C(=O)OCCOC(=O)Cc1ccc(C)c(C)c1. The van der Waals surface area contributed by atoms with E-state index >= 15 is 0 Å². The second kappa shape index (κ2) is 16.8. The van der Waals surface area contributed by atoms with Crippen LogP contribution in [0.25, 0.3) is 0 Å². The molecule has 0 heterocycles. The van der Waals surface area contributed by atoms with Gasteiger partial charge in [-0.25, -0.2) is 4.79 Å². The summed E-state index contributed by atoms with van der Waals surface area (Å²) in [6, 6.07) is 5.80. The van der Waals surface area contributed by atoms with Crippen molar-refractivity contribution in [2.75, 3.05) is 33.0 Å². The number of hydrogen-bond acceptors (Lipinski definition) is 9. The molecule has 0 aliphatic heterocycles. The van der Waals surface area contributed by atoms with Crippen LogP contribution in [-0.2, 0) is 44.5 Å². The zero-order chi connectivity index (χ0) is 31.3. The molecule has 0 saturated carbocycles. The smallest absolute Gasteiger partial charge is 0.338 e. The summed E-state index contributed by atoms with van der Waals surface area (Å²) in [7, 11) is 0. The molecular formula is C32H52O9. The maximum atomic E-state index is 13.2. The molecule has 1 N–H and O–H groups in total. The molecule has 1 rings (SSSR count). The Morgan fingerprint density at radius 3 is 2.10 bits per heavy atom. The third-order valence-electron chi connectivity index (χ3n) is 7.74. The van der Waals surface area contributed by atoms with Gasteiger partial charge < -0.3 is 28.8 Å². The molecule has 0 aromatic heterocycles. The normalized spacial score (nSPS) is 16.5. The first-order valence-corrected chi connectivity index (χ1v) is 14.7. The first-order valence-electron chi connectivity index (χ1n) is 14.7. The van der Waals surface area contributed by atoms with Gasteiger partial charge in [0.1, 0.15) is 25.2 Å². The van der Waals surface area contributed by atoms with Crippen LogP contribution in [0.2, 0.25) is 0 Å². The van der Waals surface area contributed by atoms with Gasteiger partial charge in [-0.05, 0) is 83.9 Å². The van der Waals surface area contributed by atoms with Crippen molar-refractivity contribution >= 4 is 17.9 Å². The average Bonchev–Trinajstić information content (AvgIpc) is 2.94. The van der Waals surface area contributed by atoms with Crippen LogP contribution in [0, 0.1) is 19.3 Å². The molecule has 4 unspecified atom stereocenters. The minimum absolute atomic E-state index is 0.0262. The van der Waals surface area contributed by atoms with Crippen LogP contribution in [0.15, 0.2) is 18.2 Å². The van der Waals surface area contributed by atoms with Crippen LogP contribution < -0.4 is 0 Å². The van der Waals surface area contributed by atoms with E-state index in [1.54, 1.807) is 13.8 Å². The molecule has 9 nitrogen and oxygen atoms in total. The summed E-state index contributed by atoms with van der Waals surface area (Å²) < 4.78 is 28.4. The summed E-state index contributed by atoms with van der Waals surface area (Å²) in [6.45, 7) is 16.1. The molecule has 1 aromatic rings. The summed E-state index contributed by atoms with van der Waals surface area (Å²) in [5, 5.41) is 9.45. The lowest BCUT2D eigenvalue weighted by Crippen LogP contribution is -2.49. The lowest BCUT2D eigenvalue weighted by atomic mass is 9.92. The number of rotatable bonds is 19. The second-order valence-electron chi connectivity index (χ2n) is 11.6. The van der Waals surface area contributed by atoms with Crippen LogP contribution >= 0.6 is 0 Å². The predicted molar refractivity (Wildman–Crippen MR) is 156 cm³/mol. The number of carbonyl (C=O) groups is 3. The largest absolute Gasteiger partial charge is 0.462 e. The zero-order valence-corrected chi connectivity index (χ0v) is 26.6. The van der Waals surface area contributed by atoms with Gasteiger partial charge in [-0.1, -0.05) is 39.0 Å². The Balaban J connectivity index is 2.81. The molecule has 41 heavy (non-hydrogen) atoms. The van der Waals surface area contributed by atoms with Crippen molar-refractivity contribution in [3.8, 4) is 0 Å². The lowest BCUT2D eigenvalue weighted by molar-refractivity contribution is -0.201. The van der Waals surface area contributed by atoms with Gasteiger partial charge in [0.05, 0.1) is 24.7 Å². The van der Waals surface area contributed by atoms with Gasteiger partial charge in [0, 0.05) is 6.61 Å². The molecule has 9 heteroatoms. The third-order valence-corrected chi connectivity index (χ3v) is 7.74. The summed E-state index contributed by atoms with van der Waals surface area (Å²) in [4.78, 5) is 38.6. The number of benzene rings is 1. The van der Waals surface area contributed by atoms with Crippen molar-refractivity contribution in [1.82, 2.24) is 0 Å². The maximum absolute atomic E-state index is 13.2. The Morgan fingerprint density at radius 2 is 1.54 bits per heavy atom. The van der Waals surface area contributed by atoms with Crippen molar-refractivity contribution in [2.45, 2.75) is 112 Å². The van der Waals surface area contributed by atoms with E-state index in [1.807, 2.05) is 66.7 Å². The highest BCUT2D eigenvalue weighted by Gasteiger charge is 2.43. The van der Waals surface area contributed by atoms with Gasteiger partial charge in [-0.2, -0.15) is 0 Å². The Bertz CT molecular complexity index is 993. The van der Waals surface area contributed by atoms with Crippen molar-refractivity contribution in [2.24, 2.45) is 5.41 Å². The highest BCUT2D eigenvalue weighted by atomic mass is 16.6. The molecule has 0 aliphatic rings. The summed E-state index contributed by atoms with van der Waals surface area (Å²) in [5.74, 6) is -1.66. The van der Waals surface area contributed by atoms with Crippen molar-refractivity contribution in [3.63, 3.8) is 0 Å². The predicted octanol–water partition coefficient (Wildman–Crippen LogP) is 5.03. The summed E-state index contributed by atoms with van der Waals surface area (Å²) >= 11 is 0. The topological polar surface area (TPSA) is 118 Å². The molecule has 0 bridgehead atoms. The van der Waals surface area contributed by atoms with Crippen molar-refractivity contribution in [3.05, 3.63) is 34.9 Å². The average molecular weight is 581 g/mol. The first kappa shape index (κ1) is 36.5. The Labute approximate surface area is 246 Å². The number of esters is 3. The van der Waals surface area contributed by atoms with Gasteiger partial charge in [-0.15, -0.1) is 0 Å². The Hall–Kier alpha value is -2.49. The molecule has 0 aliphatic carbocycles. The monoisotopic (exact) mass is 580 g/mol. The number of ether oxygens (including phenoxy) is 5. The van der Waals surface area contributed by atoms with Crippen molar-refractivity contribution in [1.29, 1.82) is 0 Å². The highest BCUT2D eigenvalue weighted by Crippen LogP contribution is 2.31.